The van der Waals surface area contributed by atoms with Gasteiger partial charge in [0.05, 0.1) is 0 Å². The normalized spacial score (nSPS) is 19.3. The second-order valence-electron chi connectivity index (χ2n) is 9.80. The highest BCUT2D eigenvalue weighted by molar-refractivity contribution is 5.91. The summed E-state index contributed by atoms with van der Waals surface area (Å²) in [5.74, 6) is 0.483. The topological polar surface area (TPSA) is 61.9 Å². The van der Waals surface area contributed by atoms with Crippen molar-refractivity contribution in [2.45, 2.75) is 64.9 Å². The van der Waals surface area contributed by atoms with Gasteiger partial charge in [0.15, 0.2) is 0 Å². The number of aryl methyl sites for hydroxylation is 2. The summed E-state index contributed by atoms with van der Waals surface area (Å²) in [6.45, 7) is 9.02. The fraction of sp³-hybridized carbons (Fsp3) is 0.667. The van der Waals surface area contributed by atoms with Crippen LogP contribution in [0.3, 0.4) is 0 Å². The molecule has 1 unspecified atom stereocenters. The molecule has 6 nitrogen and oxygen atoms in total. The number of likely N-dealkylation sites (tertiary alicyclic amines) is 1. The van der Waals surface area contributed by atoms with Crippen LogP contribution < -0.4 is 5.32 Å². The molecule has 0 saturated carbocycles. The number of nitrogens with zero attached hydrogens (tertiary/aromatic N) is 2. The van der Waals surface area contributed by atoms with Crippen molar-refractivity contribution in [3.05, 3.63) is 29.3 Å². The van der Waals surface area contributed by atoms with Crippen LogP contribution in [0.1, 0.15) is 57.6 Å². The maximum atomic E-state index is 12.4. The Morgan fingerprint density at radius 3 is 2.73 bits per heavy atom. The molecule has 0 bridgehead atoms. The smallest absolute Gasteiger partial charge is 0.410 e. The Bertz CT molecular complexity index is 757. The molecule has 0 aromatic heterocycles. The van der Waals surface area contributed by atoms with Crippen LogP contribution >= 0.6 is 0 Å². The van der Waals surface area contributed by atoms with E-state index < -0.39 is 5.60 Å². The first-order valence-electron chi connectivity index (χ1n) is 11.3. The number of hydrogen-bond donors (Lipinski definition) is 1. The van der Waals surface area contributed by atoms with Gasteiger partial charge in [-0.15, -0.1) is 0 Å². The molecule has 1 fully saturated rings. The first-order chi connectivity index (χ1) is 14.2. The number of piperidine rings is 1. The molecular formula is C24H37N3O3. The molecular weight excluding hydrogens is 378 g/mol. The second kappa shape index (κ2) is 9.82. The fourth-order valence-corrected chi connectivity index (χ4v) is 4.44. The van der Waals surface area contributed by atoms with Crippen LogP contribution in [0.25, 0.3) is 0 Å². The molecule has 1 aromatic rings. The lowest BCUT2D eigenvalue weighted by Gasteiger charge is -2.35. The van der Waals surface area contributed by atoms with Crippen LogP contribution in [0, 0.1) is 5.92 Å². The van der Waals surface area contributed by atoms with Crippen molar-refractivity contribution in [2.75, 3.05) is 38.5 Å². The van der Waals surface area contributed by atoms with Crippen LogP contribution in [0.15, 0.2) is 18.2 Å². The number of hydrogen-bond acceptors (Lipinski definition) is 4. The lowest BCUT2D eigenvalue weighted by atomic mass is 9.97. The molecule has 1 heterocycles. The van der Waals surface area contributed by atoms with E-state index in [4.69, 9.17) is 4.74 Å². The molecule has 1 aliphatic carbocycles. The third-order valence-electron chi connectivity index (χ3n) is 5.88. The van der Waals surface area contributed by atoms with Crippen molar-refractivity contribution in [1.29, 1.82) is 0 Å². The largest absolute Gasteiger partial charge is 0.444 e. The summed E-state index contributed by atoms with van der Waals surface area (Å²) in [4.78, 5) is 28.7. The number of amides is 2. The molecule has 2 amide bonds. The summed E-state index contributed by atoms with van der Waals surface area (Å²) in [5, 5.41) is 3.06. The van der Waals surface area contributed by atoms with Gasteiger partial charge in [0.1, 0.15) is 5.60 Å². The molecule has 2 aliphatic rings. The third kappa shape index (κ3) is 6.73. The number of carbonyl (C=O) groups excluding carboxylic acids is 2. The zero-order valence-corrected chi connectivity index (χ0v) is 19.0. The maximum Gasteiger partial charge on any atom is 0.410 e. The van der Waals surface area contributed by atoms with Crippen LogP contribution in [0.5, 0.6) is 0 Å². The number of nitrogens with one attached hydrogen (secondary N) is 1. The van der Waals surface area contributed by atoms with Gasteiger partial charge in [-0.25, -0.2) is 4.79 Å². The van der Waals surface area contributed by atoms with Crippen LogP contribution in [-0.4, -0.2) is 60.6 Å². The number of carbonyl (C=O) groups is 2. The van der Waals surface area contributed by atoms with Gasteiger partial charge in [-0.1, -0.05) is 6.07 Å². The SMILES string of the molecule is CN(CC1CCCN(CCC(=O)Nc2ccc3c(c2)CCC3)C1)C(=O)OC(C)(C)C. The minimum atomic E-state index is -0.476. The third-order valence-corrected chi connectivity index (χ3v) is 5.88. The Kier molecular flexibility index (Phi) is 7.40. The Labute approximate surface area is 180 Å². The van der Waals surface area contributed by atoms with Crippen molar-refractivity contribution in [3.8, 4) is 0 Å². The highest BCUT2D eigenvalue weighted by Crippen LogP contribution is 2.25. The Morgan fingerprint density at radius 1 is 1.20 bits per heavy atom. The van der Waals surface area contributed by atoms with Crippen molar-refractivity contribution in [3.63, 3.8) is 0 Å². The maximum absolute atomic E-state index is 12.4. The predicted octanol–water partition coefficient (Wildman–Crippen LogP) is 4.08. The summed E-state index contributed by atoms with van der Waals surface area (Å²) < 4.78 is 5.45. The van der Waals surface area contributed by atoms with E-state index >= 15 is 0 Å². The Balaban J connectivity index is 1.41. The van der Waals surface area contributed by atoms with E-state index in [1.165, 1.54) is 17.5 Å². The van der Waals surface area contributed by atoms with Crippen LogP contribution in [-0.2, 0) is 22.4 Å². The molecule has 30 heavy (non-hydrogen) atoms. The van der Waals surface area contributed by atoms with E-state index in [2.05, 4.69) is 22.3 Å². The molecule has 1 N–H and O–H groups in total. The number of fused-ring (bicyclic) bond motifs is 1. The van der Waals surface area contributed by atoms with Crippen molar-refractivity contribution < 1.29 is 14.3 Å². The predicted molar refractivity (Wildman–Crippen MR) is 120 cm³/mol. The Hall–Kier alpha value is -2.08. The summed E-state index contributed by atoms with van der Waals surface area (Å²) in [6, 6.07) is 6.30. The number of anilines is 1. The summed E-state index contributed by atoms with van der Waals surface area (Å²) in [7, 11) is 1.80. The Morgan fingerprint density at radius 2 is 1.97 bits per heavy atom. The average Bonchev–Trinajstić information content (AvgIpc) is 3.13. The summed E-state index contributed by atoms with van der Waals surface area (Å²) in [6.07, 6.45) is 5.91. The van der Waals surface area contributed by atoms with Gasteiger partial charge in [0.25, 0.3) is 0 Å². The van der Waals surface area contributed by atoms with Crippen LogP contribution in [0.4, 0.5) is 10.5 Å². The molecule has 0 radical (unpaired) electrons. The highest BCUT2D eigenvalue weighted by atomic mass is 16.6. The fourth-order valence-electron chi connectivity index (χ4n) is 4.44. The highest BCUT2D eigenvalue weighted by Gasteiger charge is 2.25. The van der Waals surface area contributed by atoms with Gasteiger partial charge < -0.3 is 19.9 Å². The van der Waals surface area contributed by atoms with Gasteiger partial charge in [0.2, 0.25) is 5.91 Å². The second-order valence-corrected chi connectivity index (χ2v) is 9.80. The van der Waals surface area contributed by atoms with Gasteiger partial charge in [0, 0.05) is 38.8 Å². The van der Waals surface area contributed by atoms with E-state index in [0.29, 0.717) is 18.9 Å². The van der Waals surface area contributed by atoms with Gasteiger partial charge in [-0.2, -0.15) is 0 Å². The standard InChI is InChI=1S/C24H37N3O3/c1-24(2,3)30-23(29)26(4)16-18-7-6-13-27(17-18)14-12-22(28)25-21-11-10-19-8-5-9-20(19)15-21/h10-11,15,18H,5-9,12-14,16-17H2,1-4H3,(H,25,28). The van der Waals surface area contributed by atoms with Gasteiger partial charge in [-0.05, 0) is 88.6 Å². The monoisotopic (exact) mass is 415 g/mol. The molecule has 1 saturated heterocycles. The number of benzene rings is 1. The molecule has 1 aliphatic heterocycles. The zero-order valence-electron chi connectivity index (χ0n) is 19.0. The number of rotatable bonds is 6. The quantitative estimate of drug-likeness (QED) is 0.760. The van der Waals surface area contributed by atoms with Gasteiger partial charge in [-0.3, -0.25) is 4.79 Å². The molecule has 0 spiro atoms. The number of ether oxygens (including phenoxy) is 1. The first-order valence-corrected chi connectivity index (χ1v) is 11.3. The zero-order chi connectivity index (χ0) is 21.7. The summed E-state index contributed by atoms with van der Waals surface area (Å²) >= 11 is 0. The lowest BCUT2D eigenvalue weighted by Crippen LogP contribution is -2.43. The molecule has 1 aromatic carbocycles. The van der Waals surface area contributed by atoms with E-state index in [9.17, 15) is 9.59 Å². The minimum absolute atomic E-state index is 0.0703. The minimum Gasteiger partial charge on any atom is -0.444 e. The van der Waals surface area contributed by atoms with Gasteiger partial charge >= 0.3 is 6.09 Å². The molecule has 166 valence electrons. The summed E-state index contributed by atoms with van der Waals surface area (Å²) in [5.41, 5.74) is 3.23. The van der Waals surface area contributed by atoms with E-state index in [-0.39, 0.29) is 12.0 Å². The van der Waals surface area contributed by atoms with Crippen molar-refractivity contribution in [2.24, 2.45) is 5.92 Å². The lowest BCUT2D eigenvalue weighted by molar-refractivity contribution is -0.116. The molecule has 6 heteroatoms. The van der Waals surface area contributed by atoms with E-state index in [0.717, 1.165) is 51.0 Å². The molecule has 1 atom stereocenters. The van der Waals surface area contributed by atoms with Crippen LogP contribution in [0.2, 0.25) is 0 Å². The first kappa shape index (κ1) is 22.6. The molecule has 3 rings (SSSR count). The van der Waals surface area contributed by atoms with Crippen molar-refractivity contribution in [1.82, 2.24) is 9.80 Å². The van der Waals surface area contributed by atoms with E-state index in [1.54, 1.807) is 11.9 Å². The average molecular weight is 416 g/mol. The van der Waals surface area contributed by atoms with E-state index in [1.807, 2.05) is 26.8 Å². The van der Waals surface area contributed by atoms with Crippen molar-refractivity contribution >= 4 is 17.7 Å².